The van der Waals surface area contributed by atoms with E-state index in [2.05, 4.69) is 10.0 Å². The lowest BCUT2D eigenvalue weighted by atomic mass is 10.3. The quantitative estimate of drug-likeness (QED) is 0.852. The third-order valence-corrected chi connectivity index (χ3v) is 5.94. The standard InChI is InChI=1S/C10H16N2O2S2/c1-7-5-10(15-8(7)2)16(13,14)12-9-3-4-11-6-9/h5,9,11-12H,3-4,6H2,1-2H3. The van der Waals surface area contributed by atoms with Crippen LogP contribution in [0.5, 0.6) is 0 Å². The molecule has 1 aliphatic rings. The first-order valence-corrected chi connectivity index (χ1v) is 7.59. The predicted octanol–water partition coefficient (Wildman–Crippen LogP) is 1.01. The summed E-state index contributed by atoms with van der Waals surface area (Å²) in [5.41, 5.74) is 1.04. The predicted molar refractivity (Wildman–Crippen MR) is 65.4 cm³/mol. The van der Waals surface area contributed by atoms with Crippen LogP contribution in [0.25, 0.3) is 0 Å². The minimum Gasteiger partial charge on any atom is -0.315 e. The van der Waals surface area contributed by atoms with Gasteiger partial charge in [-0.1, -0.05) is 0 Å². The molecule has 0 bridgehead atoms. The Balaban J connectivity index is 2.18. The van der Waals surface area contributed by atoms with Crippen molar-refractivity contribution in [3.8, 4) is 0 Å². The summed E-state index contributed by atoms with van der Waals surface area (Å²) in [5, 5.41) is 3.14. The van der Waals surface area contributed by atoms with Crippen LogP contribution in [0.3, 0.4) is 0 Å². The van der Waals surface area contributed by atoms with Gasteiger partial charge in [-0.2, -0.15) is 0 Å². The zero-order valence-electron chi connectivity index (χ0n) is 9.41. The van der Waals surface area contributed by atoms with Gasteiger partial charge >= 0.3 is 0 Å². The van der Waals surface area contributed by atoms with E-state index in [0.29, 0.717) is 4.21 Å². The van der Waals surface area contributed by atoms with Gasteiger partial charge in [-0.05, 0) is 38.4 Å². The third-order valence-electron chi connectivity index (χ3n) is 2.79. The second kappa shape index (κ2) is 4.44. The lowest BCUT2D eigenvalue weighted by Gasteiger charge is -2.10. The molecule has 0 saturated carbocycles. The van der Waals surface area contributed by atoms with E-state index in [9.17, 15) is 8.42 Å². The van der Waals surface area contributed by atoms with Crippen LogP contribution < -0.4 is 10.0 Å². The summed E-state index contributed by atoms with van der Waals surface area (Å²) < 4.78 is 27.2. The summed E-state index contributed by atoms with van der Waals surface area (Å²) in [6.07, 6.45) is 0.864. The molecule has 0 amide bonds. The highest BCUT2D eigenvalue weighted by Crippen LogP contribution is 2.25. The Hall–Kier alpha value is -0.430. The summed E-state index contributed by atoms with van der Waals surface area (Å²) in [7, 11) is -3.32. The van der Waals surface area contributed by atoms with Crippen LogP contribution in [0.4, 0.5) is 0 Å². The zero-order chi connectivity index (χ0) is 11.8. The van der Waals surface area contributed by atoms with Gasteiger partial charge in [0.1, 0.15) is 4.21 Å². The van der Waals surface area contributed by atoms with Gasteiger partial charge in [-0.15, -0.1) is 11.3 Å². The molecule has 1 aliphatic heterocycles. The summed E-state index contributed by atoms with van der Waals surface area (Å²) >= 11 is 1.33. The van der Waals surface area contributed by atoms with Crippen molar-refractivity contribution in [2.75, 3.05) is 13.1 Å². The number of sulfonamides is 1. The molecule has 0 aliphatic carbocycles. The van der Waals surface area contributed by atoms with Gasteiger partial charge in [0.15, 0.2) is 0 Å². The fourth-order valence-electron chi connectivity index (χ4n) is 1.70. The average Bonchev–Trinajstić information content (AvgIpc) is 2.78. The van der Waals surface area contributed by atoms with E-state index < -0.39 is 10.0 Å². The van der Waals surface area contributed by atoms with Crippen molar-refractivity contribution in [3.05, 3.63) is 16.5 Å². The van der Waals surface area contributed by atoms with Crippen molar-refractivity contribution in [1.82, 2.24) is 10.0 Å². The normalized spacial score (nSPS) is 21.5. The average molecular weight is 260 g/mol. The molecule has 1 unspecified atom stereocenters. The Bertz CT molecular complexity index is 454. The van der Waals surface area contributed by atoms with Gasteiger partial charge in [-0.25, -0.2) is 13.1 Å². The van der Waals surface area contributed by atoms with E-state index in [1.807, 2.05) is 13.8 Å². The van der Waals surface area contributed by atoms with Crippen molar-refractivity contribution in [1.29, 1.82) is 0 Å². The van der Waals surface area contributed by atoms with E-state index in [1.165, 1.54) is 11.3 Å². The molecule has 2 heterocycles. The maximum Gasteiger partial charge on any atom is 0.250 e. The molecule has 90 valence electrons. The van der Waals surface area contributed by atoms with Crippen LogP contribution in [0.2, 0.25) is 0 Å². The molecule has 1 atom stereocenters. The molecule has 4 nitrogen and oxygen atoms in total. The van der Waals surface area contributed by atoms with E-state index in [0.717, 1.165) is 30.0 Å². The molecule has 16 heavy (non-hydrogen) atoms. The van der Waals surface area contributed by atoms with Crippen LogP contribution in [0, 0.1) is 13.8 Å². The molecular weight excluding hydrogens is 244 g/mol. The first-order valence-electron chi connectivity index (χ1n) is 5.29. The molecule has 0 aromatic carbocycles. The molecular formula is C10H16N2O2S2. The second-order valence-corrected chi connectivity index (χ2v) is 7.31. The lowest BCUT2D eigenvalue weighted by Crippen LogP contribution is -2.35. The number of thiophene rings is 1. The Labute approximate surface area is 100 Å². The molecule has 2 rings (SSSR count). The molecule has 0 spiro atoms. The van der Waals surface area contributed by atoms with E-state index >= 15 is 0 Å². The maximum atomic E-state index is 12.0. The molecule has 1 saturated heterocycles. The number of nitrogens with one attached hydrogen (secondary N) is 2. The highest BCUT2D eigenvalue weighted by Gasteiger charge is 2.24. The minimum absolute atomic E-state index is 0.0349. The Kier molecular flexibility index (Phi) is 3.34. The molecule has 1 aromatic heterocycles. The van der Waals surface area contributed by atoms with Crippen molar-refractivity contribution in [2.24, 2.45) is 0 Å². The van der Waals surface area contributed by atoms with Crippen molar-refractivity contribution in [3.63, 3.8) is 0 Å². The SMILES string of the molecule is Cc1cc(S(=O)(=O)NC2CCNC2)sc1C. The number of rotatable bonds is 3. The number of hydrogen-bond donors (Lipinski definition) is 2. The van der Waals surface area contributed by atoms with Gasteiger partial charge in [0.25, 0.3) is 0 Å². The largest absolute Gasteiger partial charge is 0.315 e. The molecule has 2 N–H and O–H groups in total. The summed E-state index contributed by atoms with van der Waals surface area (Å²) in [4.78, 5) is 1.06. The molecule has 0 radical (unpaired) electrons. The molecule has 6 heteroatoms. The smallest absolute Gasteiger partial charge is 0.250 e. The first kappa shape index (κ1) is 12.0. The lowest BCUT2D eigenvalue weighted by molar-refractivity contribution is 0.562. The van der Waals surface area contributed by atoms with Gasteiger partial charge < -0.3 is 5.32 Å². The minimum atomic E-state index is -3.32. The number of hydrogen-bond acceptors (Lipinski definition) is 4. The Morgan fingerprint density at radius 1 is 1.50 bits per heavy atom. The van der Waals surface area contributed by atoms with Gasteiger partial charge in [0.2, 0.25) is 10.0 Å². The van der Waals surface area contributed by atoms with Crippen LogP contribution in [0.1, 0.15) is 16.9 Å². The molecule has 1 aromatic rings. The Morgan fingerprint density at radius 3 is 2.75 bits per heavy atom. The monoisotopic (exact) mass is 260 g/mol. The summed E-state index contributed by atoms with van der Waals surface area (Å²) in [5.74, 6) is 0. The zero-order valence-corrected chi connectivity index (χ0v) is 11.0. The van der Waals surface area contributed by atoms with Crippen molar-refractivity contribution >= 4 is 21.4 Å². The Morgan fingerprint density at radius 2 is 2.25 bits per heavy atom. The topological polar surface area (TPSA) is 58.2 Å². The summed E-state index contributed by atoms with van der Waals surface area (Å²) in [6, 6.07) is 1.78. The van der Waals surface area contributed by atoms with Crippen LogP contribution >= 0.6 is 11.3 Å². The van der Waals surface area contributed by atoms with Crippen molar-refractivity contribution < 1.29 is 8.42 Å². The summed E-state index contributed by atoms with van der Waals surface area (Å²) in [6.45, 7) is 5.48. The van der Waals surface area contributed by atoms with E-state index in [-0.39, 0.29) is 6.04 Å². The van der Waals surface area contributed by atoms with Gasteiger partial charge in [0, 0.05) is 17.5 Å². The van der Waals surface area contributed by atoms with E-state index in [4.69, 9.17) is 0 Å². The first-order chi connectivity index (χ1) is 7.49. The fourth-order valence-corrected chi connectivity index (χ4v) is 4.51. The number of aryl methyl sites for hydroxylation is 2. The third kappa shape index (κ3) is 2.45. The maximum absolute atomic E-state index is 12.0. The van der Waals surface area contributed by atoms with Crippen LogP contribution in [-0.2, 0) is 10.0 Å². The second-order valence-electron chi connectivity index (χ2n) is 4.12. The van der Waals surface area contributed by atoms with Crippen LogP contribution in [0.15, 0.2) is 10.3 Å². The van der Waals surface area contributed by atoms with Gasteiger partial charge in [-0.3, -0.25) is 0 Å². The van der Waals surface area contributed by atoms with Gasteiger partial charge in [0.05, 0.1) is 0 Å². The van der Waals surface area contributed by atoms with Crippen molar-refractivity contribution in [2.45, 2.75) is 30.5 Å². The van der Waals surface area contributed by atoms with Crippen LogP contribution in [-0.4, -0.2) is 27.5 Å². The highest BCUT2D eigenvalue weighted by atomic mass is 32.2. The molecule has 1 fully saturated rings. The van der Waals surface area contributed by atoms with E-state index in [1.54, 1.807) is 6.07 Å². The fraction of sp³-hybridized carbons (Fsp3) is 0.600. The highest BCUT2D eigenvalue weighted by molar-refractivity contribution is 7.91.